The zero-order valence-corrected chi connectivity index (χ0v) is 32.2. The molecular formula is C53H33N3S. The quantitative estimate of drug-likeness (QED) is 0.165. The Morgan fingerprint density at radius 1 is 0.456 bits per heavy atom. The van der Waals surface area contributed by atoms with E-state index in [0.29, 0.717) is 5.95 Å². The fourth-order valence-electron chi connectivity index (χ4n) is 10.3. The van der Waals surface area contributed by atoms with Gasteiger partial charge in [-0.1, -0.05) is 159 Å². The molecule has 0 fully saturated rings. The predicted molar refractivity (Wildman–Crippen MR) is 242 cm³/mol. The molecule has 0 unspecified atom stereocenters. The van der Waals surface area contributed by atoms with Gasteiger partial charge in [-0.25, -0.2) is 9.97 Å². The number of fused-ring (bicyclic) bond motifs is 18. The van der Waals surface area contributed by atoms with Crippen LogP contribution < -0.4 is 0 Å². The molecule has 0 saturated carbocycles. The van der Waals surface area contributed by atoms with E-state index in [2.05, 4.69) is 182 Å². The molecule has 0 aliphatic heterocycles. The van der Waals surface area contributed by atoms with Gasteiger partial charge in [-0.15, -0.1) is 11.3 Å². The maximum Gasteiger partial charge on any atom is 0.235 e. The summed E-state index contributed by atoms with van der Waals surface area (Å²) in [5, 5.41) is 14.9. The van der Waals surface area contributed by atoms with Crippen molar-refractivity contribution >= 4 is 96.4 Å². The highest BCUT2D eigenvalue weighted by molar-refractivity contribution is 7.25. The lowest BCUT2D eigenvalue weighted by molar-refractivity contribution is 0.632. The molecule has 0 radical (unpaired) electrons. The molecule has 4 heteroatoms. The maximum atomic E-state index is 5.81. The lowest BCUT2D eigenvalue weighted by Crippen LogP contribution is -2.18. The molecule has 0 N–H and O–H groups in total. The summed E-state index contributed by atoms with van der Waals surface area (Å²) in [5.41, 5.74) is 8.72. The summed E-state index contributed by atoms with van der Waals surface area (Å²) in [6.45, 7) is 4.65. The Labute approximate surface area is 332 Å². The van der Waals surface area contributed by atoms with E-state index < -0.39 is 0 Å². The third kappa shape index (κ3) is 4.05. The minimum Gasteiger partial charge on any atom is -0.277 e. The Bertz CT molecular complexity index is 3700. The SMILES string of the molecule is CC1(C)c2ccccc2-c2c(-c3cccc4sc5ccccc5c34)nc(-n3c4ccc5c6ccccc6c6ccccc6c5c4c4ccc5ccccc5c43)nc21. The summed E-state index contributed by atoms with van der Waals surface area (Å²) >= 11 is 1.85. The van der Waals surface area contributed by atoms with Gasteiger partial charge in [0, 0.05) is 58.3 Å². The molecule has 0 spiro atoms. The largest absolute Gasteiger partial charge is 0.277 e. The van der Waals surface area contributed by atoms with Gasteiger partial charge < -0.3 is 0 Å². The molecule has 1 aliphatic carbocycles. The fraction of sp³-hybridized carbons (Fsp3) is 0.0566. The van der Waals surface area contributed by atoms with Gasteiger partial charge >= 0.3 is 0 Å². The van der Waals surface area contributed by atoms with Gasteiger partial charge in [0.05, 0.1) is 22.4 Å². The van der Waals surface area contributed by atoms with Crippen LogP contribution in [0, 0.1) is 0 Å². The van der Waals surface area contributed by atoms with Gasteiger partial charge in [-0.3, -0.25) is 4.57 Å². The number of rotatable bonds is 2. The van der Waals surface area contributed by atoms with Crippen molar-refractivity contribution in [2.24, 2.45) is 0 Å². The first kappa shape index (κ1) is 31.3. The molecule has 13 rings (SSSR count). The summed E-state index contributed by atoms with van der Waals surface area (Å²) in [5.74, 6) is 0.696. The van der Waals surface area contributed by atoms with Gasteiger partial charge in [0.25, 0.3) is 0 Å². The number of hydrogen-bond acceptors (Lipinski definition) is 3. The Balaban J connectivity index is 1.25. The van der Waals surface area contributed by atoms with Gasteiger partial charge in [0.2, 0.25) is 5.95 Å². The van der Waals surface area contributed by atoms with Gasteiger partial charge in [0.1, 0.15) is 0 Å². The first-order chi connectivity index (χ1) is 28.1. The number of benzene rings is 9. The minimum atomic E-state index is -0.342. The summed E-state index contributed by atoms with van der Waals surface area (Å²) in [7, 11) is 0. The van der Waals surface area contributed by atoms with E-state index in [1.807, 2.05) is 11.3 Å². The van der Waals surface area contributed by atoms with Crippen LogP contribution in [0.3, 0.4) is 0 Å². The van der Waals surface area contributed by atoms with Crippen LogP contribution in [0.1, 0.15) is 25.1 Å². The second-order valence-corrected chi connectivity index (χ2v) is 17.1. The molecule has 0 atom stereocenters. The molecule has 3 aromatic heterocycles. The number of hydrogen-bond donors (Lipinski definition) is 0. The van der Waals surface area contributed by atoms with Crippen LogP contribution in [0.5, 0.6) is 0 Å². The van der Waals surface area contributed by atoms with Crippen molar-refractivity contribution < 1.29 is 0 Å². The van der Waals surface area contributed by atoms with E-state index >= 15 is 0 Å². The van der Waals surface area contributed by atoms with Crippen LogP contribution in [0.4, 0.5) is 0 Å². The van der Waals surface area contributed by atoms with E-state index in [4.69, 9.17) is 9.97 Å². The molecule has 266 valence electrons. The third-order valence-corrected chi connectivity index (χ3v) is 13.9. The number of nitrogens with zero attached hydrogens (tertiary/aromatic N) is 3. The van der Waals surface area contributed by atoms with Gasteiger partial charge in [0.15, 0.2) is 0 Å². The maximum absolute atomic E-state index is 5.81. The molecule has 12 aromatic rings. The van der Waals surface area contributed by atoms with Crippen molar-refractivity contribution in [2.75, 3.05) is 0 Å². The second kappa shape index (κ2) is 11.1. The van der Waals surface area contributed by atoms with Crippen LogP contribution >= 0.6 is 11.3 Å². The fourth-order valence-corrected chi connectivity index (χ4v) is 11.4. The first-order valence-corrected chi connectivity index (χ1v) is 20.5. The lowest BCUT2D eigenvalue weighted by Gasteiger charge is -2.21. The lowest BCUT2D eigenvalue weighted by atomic mass is 9.85. The van der Waals surface area contributed by atoms with E-state index in [-0.39, 0.29) is 5.41 Å². The van der Waals surface area contributed by atoms with Gasteiger partial charge in [-0.2, -0.15) is 0 Å². The van der Waals surface area contributed by atoms with Crippen molar-refractivity contribution in [1.82, 2.24) is 14.5 Å². The third-order valence-electron chi connectivity index (χ3n) is 12.7. The van der Waals surface area contributed by atoms with Gasteiger partial charge in [-0.05, 0) is 61.6 Å². The smallest absolute Gasteiger partial charge is 0.235 e. The second-order valence-electron chi connectivity index (χ2n) is 16.0. The van der Waals surface area contributed by atoms with E-state index in [9.17, 15) is 0 Å². The molecule has 0 bridgehead atoms. The zero-order valence-electron chi connectivity index (χ0n) is 31.3. The minimum absolute atomic E-state index is 0.342. The Hall–Kier alpha value is -6.88. The molecule has 9 aromatic carbocycles. The molecule has 0 saturated heterocycles. The standard InChI is InChI=1S/C53H33N3S/c1-53(2)41-23-11-9-20-37(41)48-49(39-22-13-25-44-45(39)38-21-10-12-24-43(38)57-44)54-52(55-51(48)53)56-42-29-28-36-34-18-6-5-16-32(34)33-17-7-8-19-35(33)46(36)47(42)40-27-26-30-14-3-4-15-31(30)50(40)56/h3-29H,1-2H3. The topological polar surface area (TPSA) is 30.7 Å². The first-order valence-electron chi connectivity index (χ1n) is 19.7. The molecule has 1 aliphatic rings. The Morgan fingerprint density at radius 2 is 1.07 bits per heavy atom. The summed E-state index contributed by atoms with van der Waals surface area (Å²) < 4.78 is 4.93. The zero-order chi connectivity index (χ0) is 37.6. The van der Waals surface area contributed by atoms with Crippen molar-refractivity contribution in [2.45, 2.75) is 19.3 Å². The monoisotopic (exact) mass is 743 g/mol. The van der Waals surface area contributed by atoms with Crippen molar-refractivity contribution in [3.63, 3.8) is 0 Å². The van der Waals surface area contributed by atoms with E-state index in [1.165, 1.54) is 85.2 Å². The van der Waals surface area contributed by atoms with Crippen LogP contribution in [-0.2, 0) is 5.41 Å². The Morgan fingerprint density at radius 3 is 1.89 bits per heavy atom. The van der Waals surface area contributed by atoms with E-state index in [0.717, 1.165) is 33.5 Å². The highest BCUT2D eigenvalue weighted by Gasteiger charge is 2.40. The molecule has 3 nitrogen and oxygen atoms in total. The van der Waals surface area contributed by atoms with Crippen molar-refractivity contribution in [3.8, 4) is 28.3 Å². The summed E-state index contributed by atoms with van der Waals surface area (Å²) in [6, 6.07) is 60.1. The highest BCUT2D eigenvalue weighted by Crippen LogP contribution is 2.53. The molecular weight excluding hydrogens is 711 g/mol. The van der Waals surface area contributed by atoms with Crippen LogP contribution in [0.15, 0.2) is 164 Å². The normalized spacial score (nSPS) is 13.6. The number of thiophene rings is 1. The Kier molecular flexibility index (Phi) is 6.12. The average molecular weight is 744 g/mol. The molecule has 57 heavy (non-hydrogen) atoms. The molecule has 0 amide bonds. The van der Waals surface area contributed by atoms with Crippen molar-refractivity contribution in [1.29, 1.82) is 0 Å². The number of aromatic nitrogens is 3. The average Bonchev–Trinajstić information content (AvgIpc) is 3.89. The molecule has 3 heterocycles. The van der Waals surface area contributed by atoms with Crippen LogP contribution in [0.2, 0.25) is 0 Å². The van der Waals surface area contributed by atoms with Crippen LogP contribution in [-0.4, -0.2) is 14.5 Å². The predicted octanol–water partition coefficient (Wildman–Crippen LogP) is 14.5. The van der Waals surface area contributed by atoms with Crippen LogP contribution in [0.25, 0.3) is 113 Å². The summed E-state index contributed by atoms with van der Waals surface area (Å²) in [4.78, 5) is 11.5. The highest BCUT2D eigenvalue weighted by atomic mass is 32.1. The van der Waals surface area contributed by atoms with Crippen molar-refractivity contribution in [3.05, 3.63) is 175 Å². The summed E-state index contributed by atoms with van der Waals surface area (Å²) in [6.07, 6.45) is 0. The van der Waals surface area contributed by atoms with E-state index in [1.54, 1.807) is 0 Å².